The molecule has 0 saturated carbocycles. The van der Waals surface area contributed by atoms with Crippen molar-refractivity contribution < 1.29 is 9.47 Å². The molecule has 9 heteroatoms. The summed E-state index contributed by atoms with van der Waals surface area (Å²) in [5, 5.41) is 4.02. The summed E-state index contributed by atoms with van der Waals surface area (Å²) in [4.78, 5) is 28.1. The molecule has 0 atom stereocenters. The molecular weight excluding hydrogens is 278 g/mol. The summed E-state index contributed by atoms with van der Waals surface area (Å²) in [6, 6.07) is 3.04. The molecule has 0 saturated heterocycles. The number of ether oxygens (including phenoxy) is 2. The maximum Gasteiger partial charge on any atom is 0.292 e. The van der Waals surface area contributed by atoms with Gasteiger partial charge in [-0.15, -0.1) is 0 Å². The van der Waals surface area contributed by atoms with E-state index in [1.54, 1.807) is 0 Å². The minimum Gasteiger partial charge on any atom is -0.493 e. The van der Waals surface area contributed by atoms with Crippen molar-refractivity contribution in [3.63, 3.8) is 0 Å². The molecule has 0 bridgehead atoms. The smallest absolute Gasteiger partial charge is 0.292 e. The fourth-order valence-corrected chi connectivity index (χ4v) is 2.02. The van der Waals surface area contributed by atoms with E-state index in [0.717, 1.165) is 15.4 Å². The second kappa shape index (κ2) is 4.47. The zero-order valence-corrected chi connectivity index (χ0v) is 11.2. The highest BCUT2D eigenvalue weighted by atomic mass is 16.5. The lowest BCUT2D eigenvalue weighted by Crippen LogP contribution is -2.33. The van der Waals surface area contributed by atoms with E-state index in [9.17, 15) is 9.59 Å². The Hall–Kier alpha value is -3.10. The van der Waals surface area contributed by atoms with Crippen LogP contribution in [0.4, 0.5) is 0 Å². The quantitative estimate of drug-likeness (QED) is 0.482. The van der Waals surface area contributed by atoms with Gasteiger partial charge in [-0.25, -0.2) is 4.98 Å². The van der Waals surface area contributed by atoms with Crippen LogP contribution in [0.3, 0.4) is 0 Å². The Bertz CT molecular complexity index is 975. The van der Waals surface area contributed by atoms with Crippen LogP contribution in [0.5, 0.6) is 11.5 Å². The van der Waals surface area contributed by atoms with Gasteiger partial charge in [0.25, 0.3) is 16.9 Å². The molecule has 0 aliphatic heterocycles. The standard InChI is InChI=1S/C12H11N5O4/c1-20-8-3-6-7(4-9(8)21-2)15-12-16(13)10(18)5-14-17(12)11(6)19/h3-5H,13H2,1-2H3. The number of nitrogens with zero attached hydrogens (tertiary/aromatic N) is 4. The Morgan fingerprint density at radius 2 is 1.81 bits per heavy atom. The van der Waals surface area contributed by atoms with Gasteiger partial charge in [0.15, 0.2) is 11.5 Å². The van der Waals surface area contributed by atoms with Gasteiger partial charge in [-0.05, 0) is 6.07 Å². The fourth-order valence-electron chi connectivity index (χ4n) is 2.02. The predicted octanol–water partition coefficient (Wildman–Crippen LogP) is -0.865. The monoisotopic (exact) mass is 289 g/mol. The lowest BCUT2D eigenvalue weighted by atomic mass is 10.2. The number of benzene rings is 1. The van der Waals surface area contributed by atoms with Gasteiger partial charge in [-0.3, -0.25) is 9.59 Å². The number of nitrogen functional groups attached to an aromatic ring is 1. The molecule has 2 N–H and O–H groups in total. The number of hydrogen-bond acceptors (Lipinski definition) is 7. The molecule has 0 fully saturated rings. The Labute approximate surface area is 117 Å². The molecule has 108 valence electrons. The van der Waals surface area contributed by atoms with Crippen molar-refractivity contribution in [3.8, 4) is 11.5 Å². The first-order valence-electron chi connectivity index (χ1n) is 5.88. The molecule has 2 aromatic heterocycles. The van der Waals surface area contributed by atoms with Crippen LogP contribution in [0, 0.1) is 0 Å². The molecule has 0 spiro atoms. The highest BCUT2D eigenvalue weighted by molar-refractivity contribution is 5.83. The van der Waals surface area contributed by atoms with Crippen molar-refractivity contribution in [1.29, 1.82) is 0 Å². The molecule has 3 aromatic rings. The minimum absolute atomic E-state index is 0.0628. The number of methoxy groups -OCH3 is 2. The molecule has 3 rings (SSSR count). The highest BCUT2D eigenvalue weighted by Gasteiger charge is 2.14. The summed E-state index contributed by atoms with van der Waals surface area (Å²) in [5.41, 5.74) is -0.707. The molecule has 21 heavy (non-hydrogen) atoms. The Morgan fingerprint density at radius 1 is 1.14 bits per heavy atom. The molecule has 1 aromatic carbocycles. The zero-order chi connectivity index (χ0) is 15.1. The summed E-state index contributed by atoms with van der Waals surface area (Å²) in [5.74, 6) is 6.33. The molecule has 0 aliphatic carbocycles. The van der Waals surface area contributed by atoms with Gasteiger partial charge < -0.3 is 15.3 Å². The van der Waals surface area contributed by atoms with Gasteiger partial charge >= 0.3 is 0 Å². The van der Waals surface area contributed by atoms with E-state index in [4.69, 9.17) is 15.3 Å². The summed E-state index contributed by atoms with van der Waals surface area (Å²) in [6.45, 7) is 0. The van der Waals surface area contributed by atoms with Crippen LogP contribution < -0.4 is 26.4 Å². The van der Waals surface area contributed by atoms with Crippen LogP contribution in [-0.2, 0) is 0 Å². The maximum atomic E-state index is 12.4. The Morgan fingerprint density at radius 3 is 2.48 bits per heavy atom. The van der Waals surface area contributed by atoms with Gasteiger partial charge in [0.1, 0.15) is 6.20 Å². The van der Waals surface area contributed by atoms with Gasteiger partial charge in [0.2, 0.25) is 0 Å². The van der Waals surface area contributed by atoms with E-state index < -0.39 is 11.1 Å². The third kappa shape index (κ3) is 1.78. The van der Waals surface area contributed by atoms with Crippen molar-refractivity contribution in [2.45, 2.75) is 0 Å². The van der Waals surface area contributed by atoms with Crippen LogP contribution in [0.1, 0.15) is 0 Å². The fraction of sp³-hybridized carbons (Fsp3) is 0.167. The number of hydrogen-bond donors (Lipinski definition) is 1. The van der Waals surface area contributed by atoms with Crippen LogP contribution >= 0.6 is 0 Å². The van der Waals surface area contributed by atoms with Gasteiger partial charge in [-0.1, -0.05) is 0 Å². The largest absolute Gasteiger partial charge is 0.493 e. The first-order valence-corrected chi connectivity index (χ1v) is 5.88. The summed E-state index contributed by atoms with van der Waals surface area (Å²) in [6.07, 6.45) is 0.947. The molecular formula is C12H11N5O4. The Kier molecular flexibility index (Phi) is 2.75. The third-order valence-corrected chi connectivity index (χ3v) is 3.07. The number of rotatable bonds is 2. The average Bonchev–Trinajstić information content (AvgIpc) is 2.50. The molecule has 0 radical (unpaired) electrons. The predicted molar refractivity (Wildman–Crippen MR) is 74.3 cm³/mol. The van der Waals surface area contributed by atoms with Crippen molar-refractivity contribution in [1.82, 2.24) is 19.3 Å². The normalized spacial score (nSPS) is 11.0. The van der Waals surface area contributed by atoms with Gasteiger partial charge in [0.05, 0.1) is 25.1 Å². The summed E-state index contributed by atoms with van der Waals surface area (Å²) < 4.78 is 12.0. The maximum absolute atomic E-state index is 12.4. The number of aromatic nitrogens is 4. The van der Waals surface area contributed by atoms with Crippen molar-refractivity contribution in [2.24, 2.45) is 0 Å². The lowest BCUT2D eigenvalue weighted by Gasteiger charge is -2.09. The van der Waals surface area contributed by atoms with Gasteiger partial charge in [0, 0.05) is 6.07 Å². The van der Waals surface area contributed by atoms with E-state index in [2.05, 4.69) is 10.1 Å². The second-order valence-corrected chi connectivity index (χ2v) is 4.21. The van der Waals surface area contributed by atoms with E-state index in [1.165, 1.54) is 26.4 Å². The zero-order valence-electron chi connectivity index (χ0n) is 11.2. The highest BCUT2D eigenvalue weighted by Crippen LogP contribution is 2.29. The molecule has 2 heterocycles. The minimum atomic E-state index is -0.568. The first kappa shape index (κ1) is 12.9. The van der Waals surface area contributed by atoms with Crippen molar-refractivity contribution in [2.75, 3.05) is 20.1 Å². The number of nitrogens with two attached hydrogens (primary N) is 1. The van der Waals surface area contributed by atoms with E-state index >= 15 is 0 Å². The molecule has 0 aliphatic rings. The van der Waals surface area contributed by atoms with Crippen molar-refractivity contribution in [3.05, 3.63) is 39.0 Å². The first-order chi connectivity index (χ1) is 10.1. The van der Waals surface area contributed by atoms with E-state index in [0.29, 0.717) is 17.0 Å². The van der Waals surface area contributed by atoms with Crippen molar-refractivity contribution >= 4 is 16.7 Å². The lowest BCUT2D eigenvalue weighted by molar-refractivity contribution is 0.355. The SMILES string of the molecule is COc1cc2nc3n(N)c(=O)cnn3c(=O)c2cc1OC. The molecule has 0 amide bonds. The van der Waals surface area contributed by atoms with Crippen LogP contribution in [0.15, 0.2) is 27.9 Å². The Balaban J connectivity index is 2.54. The molecule has 9 nitrogen and oxygen atoms in total. The van der Waals surface area contributed by atoms with Crippen LogP contribution in [-0.4, -0.2) is 33.5 Å². The topological polar surface area (TPSA) is 114 Å². The van der Waals surface area contributed by atoms with E-state index in [1.807, 2.05) is 0 Å². The summed E-state index contributed by atoms with van der Waals surface area (Å²) >= 11 is 0. The number of fused-ring (bicyclic) bond motifs is 2. The second-order valence-electron chi connectivity index (χ2n) is 4.21. The van der Waals surface area contributed by atoms with Crippen LogP contribution in [0.25, 0.3) is 16.7 Å². The summed E-state index contributed by atoms with van der Waals surface area (Å²) in [7, 11) is 2.93. The van der Waals surface area contributed by atoms with Crippen LogP contribution in [0.2, 0.25) is 0 Å². The average molecular weight is 289 g/mol. The van der Waals surface area contributed by atoms with E-state index in [-0.39, 0.29) is 11.2 Å². The molecule has 0 unspecified atom stereocenters. The van der Waals surface area contributed by atoms with Gasteiger partial charge in [-0.2, -0.15) is 14.3 Å². The third-order valence-electron chi connectivity index (χ3n) is 3.07.